The van der Waals surface area contributed by atoms with Crippen molar-refractivity contribution in [3.8, 4) is 5.75 Å². The third kappa shape index (κ3) is 5.29. The number of rotatable bonds is 9. The molecule has 1 unspecified atom stereocenters. The Morgan fingerprint density at radius 3 is 2.76 bits per heavy atom. The van der Waals surface area contributed by atoms with Gasteiger partial charge in [0.2, 0.25) is 0 Å². The molecule has 0 saturated heterocycles. The highest BCUT2D eigenvalue weighted by Crippen LogP contribution is 2.34. The molecule has 0 aromatic heterocycles. The van der Waals surface area contributed by atoms with Crippen molar-refractivity contribution in [1.82, 2.24) is 0 Å². The Kier molecular flexibility index (Phi) is 6.45. The fraction of sp³-hybridized carbons (Fsp3) is 0.500. The second-order valence-corrected chi connectivity index (χ2v) is 4.87. The number of para-hydroxylation sites is 1. The van der Waals surface area contributed by atoms with Crippen LogP contribution in [0.2, 0.25) is 0 Å². The van der Waals surface area contributed by atoms with Gasteiger partial charge in [0, 0.05) is 13.0 Å². The van der Waals surface area contributed by atoms with Gasteiger partial charge in [0.1, 0.15) is 5.69 Å². The molecule has 1 aromatic carbocycles. The number of carboxylic acid groups (broad SMARTS) is 1. The third-order valence-electron chi connectivity index (χ3n) is 3.21. The molecule has 0 aliphatic heterocycles. The smallest absolute Gasteiger partial charge is 0.333 e. The summed E-state index contributed by atoms with van der Waals surface area (Å²) in [7, 11) is 1.39. The van der Waals surface area contributed by atoms with Crippen LogP contribution in [0.15, 0.2) is 18.2 Å². The van der Waals surface area contributed by atoms with E-state index in [0.29, 0.717) is 18.7 Å². The zero-order valence-corrected chi connectivity index (χ0v) is 12.2. The first-order valence-corrected chi connectivity index (χ1v) is 6.72. The molecule has 21 heavy (non-hydrogen) atoms. The van der Waals surface area contributed by atoms with Crippen molar-refractivity contribution < 1.29 is 19.6 Å². The van der Waals surface area contributed by atoms with E-state index >= 15 is 0 Å². The van der Waals surface area contributed by atoms with Crippen molar-refractivity contribution in [3.63, 3.8) is 0 Å². The maximum absolute atomic E-state index is 11.1. The van der Waals surface area contributed by atoms with Crippen LogP contribution < -0.4 is 10.1 Å². The minimum Gasteiger partial charge on any atom is -0.490 e. The Balaban J connectivity index is 2.59. The highest BCUT2D eigenvalue weighted by Gasteiger charge is 2.20. The molecule has 0 radical (unpaired) electrons. The van der Waals surface area contributed by atoms with E-state index in [4.69, 9.17) is 9.84 Å². The van der Waals surface area contributed by atoms with Crippen LogP contribution >= 0.6 is 0 Å². The second kappa shape index (κ2) is 8.08. The van der Waals surface area contributed by atoms with E-state index in [-0.39, 0.29) is 23.8 Å². The fourth-order valence-electron chi connectivity index (χ4n) is 1.99. The van der Waals surface area contributed by atoms with Gasteiger partial charge in [-0.15, -0.1) is 0 Å². The fourth-order valence-corrected chi connectivity index (χ4v) is 1.99. The van der Waals surface area contributed by atoms with Crippen LogP contribution in [0.1, 0.15) is 26.2 Å². The average Bonchev–Trinajstić information content (AvgIpc) is 2.44. The van der Waals surface area contributed by atoms with E-state index in [1.807, 2.05) is 6.92 Å². The molecule has 0 spiro atoms. The maximum atomic E-state index is 11.1. The topological polar surface area (TPSA) is 102 Å². The number of hydrogen-bond acceptors (Lipinski definition) is 5. The minimum absolute atomic E-state index is 0.0850. The number of nitrogens with one attached hydrogen (secondary N) is 1. The molecular weight excluding hydrogens is 276 g/mol. The number of hydrogen-bond donors (Lipinski definition) is 2. The van der Waals surface area contributed by atoms with E-state index in [9.17, 15) is 14.9 Å². The minimum atomic E-state index is -0.807. The van der Waals surface area contributed by atoms with Crippen molar-refractivity contribution in [3.05, 3.63) is 28.3 Å². The quantitative estimate of drug-likeness (QED) is 0.536. The molecule has 0 aliphatic carbocycles. The Morgan fingerprint density at radius 1 is 1.48 bits per heavy atom. The molecule has 7 nitrogen and oxygen atoms in total. The lowest BCUT2D eigenvalue weighted by atomic mass is 10.0. The Hall–Kier alpha value is -2.31. The SMILES string of the molecule is COc1cccc(NCCC(C)CCC(=O)O)c1[N+](=O)[O-]. The number of nitro groups is 1. The normalized spacial score (nSPS) is 11.7. The molecular formula is C14H20N2O5. The summed E-state index contributed by atoms with van der Waals surface area (Å²) >= 11 is 0. The zero-order chi connectivity index (χ0) is 15.8. The van der Waals surface area contributed by atoms with Crippen LogP contribution in [-0.2, 0) is 4.79 Å². The molecule has 1 aromatic rings. The lowest BCUT2D eigenvalue weighted by Crippen LogP contribution is -2.10. The summed E-state index contributed by atoms with van der Waals surface area (Å²) in [6.07, 6.45) is 1.47. The van der Waals surface area contributed by atoms with Crippen molar-refractivity contribution in [1.29, 1.82) is 0 Å². The van der Waals surface area contributed by atoms with Crippen LogP contribution in [0.3, 0.4) is 0 Å². The highest BCUT2D eigenvalue weighted by atomic mass is 16.6. The van der Waals surface area contributed by atoms with Crippen LogP contribution in [0, 0.1) is 16.0 Å². The number of nitro benzene ring substituents is 1. The lowest BCUT2D eigenvalue weighted by molar-refractivity contribution is -0.384. The summed E-state index contributed by atoms with van der Waals surface area (Å²) in [5.74, 6) is -0.361. The molecule has 0 amide bonds. The van der Waals surface area contributed by atoms with Gasteiger partial charge in [-0.25, -0.2) is 0 Å². The van der Waals surface area contributed by atoms with E-state index in [0.717, 1.165) is 6.42 Å². The molecule has 1 rings (SSSR count). The van der Waals surface area contributed by atoms with Crippen LogP contribution in [0.4, 0.5) is 11.4 Å². The van der Waals surface area contributed by atoms with Gasteiger partial charge in [0.25, 0.3) is 0 Å². The van der Waals surface area contributed by atoms with Crippen molar-refractivity contribution in [2.45, 2.75) is 26.2 Å². The van der Waals surface area contributed by atoms with Crippen LogP contribution in [-0.4, -0.2) is 29.7 Å². The predicted molar refractivity (Wildman–Crippen MR) is 78.8 cm³/mol. The van der Waals surface area contributed by atoms with E-state index in [2.05, 4.69) is 5.32 Å². The number of carbonyl (C=O) groups is 1. The lowest BCUT2D eigenvalue weighted by Gasteiger charge is -2.12. The summed E-state index contributed by atoms with van der Waals surface area (Å²) in [6.45, 7) is 2.50. The van der Waals surface area contributed by atoms with Crippen molar-refractivity contribution in [2.75, 3.05) is 19.0 Å². The van der Waals surface area contributed by atoms with Crippen molar-refractivity contribution >= 4 is 17.3 Å². The van der Waals surface area contributed by atoms with Crippen molar-refractivity contribution in [2.24, 2.45) is 5.92 Å². The third-order valence-corrected chi connectivity index (χ3v) is 3.21. The number of benzene rings is 1. The first-order valence-electron chi connectivity index (χ1n) is 6.72. The Bertz CT molecular complexity index is 504. The predicted octanol–water partition coefficient (Wildman–Crippen LogP) is 2.91. The average molecular weight is 296 g/mol. The molecule has 0 fully saturated rings. The monoisotopic (exact) mass is 296 g/mol. The standard InChI is InChI=1S/C14H20N2O5/c1-10(6-7-13(17)18)8-9-15-11-4-3-5-12(21-2)14(11)16(19)20/h3-5,10,15H,6-9H2,1-2H3,(H,17,18). The van der Waals surface area contributed by atoms with Gasteiger partial charge in [-0.1, -0.05) is 13.0 Å². The van der Waals surface area contributed by atoms with Gasteiger partial charge in [-0.3, -0.25) is 14.9 Å². The van der Waals surface area contributed by atoms with E-state index in [1.54, 1.807) is 18.2 Å². The molecule has 2 N–H and O–H groups in total. The number of carboxylic acids is 1. The van der Waals surface area contributed by atoms with Gasteiger partial charge in [-0.2, -0.15) is 0 Å². The largest absolute Gasteiger partial charge is 0.490 e. The van der Waals surface area contributed by atoms with Gasteiger partial charge >= 0.3 is 11.7 Å². The maximum Gasteiger partial charge on any atom is 0.333 e. The summed E-state index contributed by atoms with van der Waals surface area (Å²) < 4.78 is 4.99. The number of ether oxygens (including phenoxy) is 1. The number of nitrogens with zero attached hydrogens (tertiary/aromatic N) is 1. The summed E-state index contributed by atoms with van der Waals surface area (Å²) in [5, 5.41) is 22.7. The van der Waals surface area contributed by atoms with E-state index in [1.165, 1.54) is 7.11 Å². The van der Waals surface area contributed by atoms with Gasteiger partial charge in [0.15, 0.2) is 5.75 Å². The summed E-state index contributed by atoms with van der Waals surface area (Å²) in [4.78, 5) is 21.1. The number of aliphatic carboxylic acids is 1. The van der Waals surface area contributed by atoms with Crippen LogP contribution in [0.5, 0.6) is 5.75 Å². The number of methoxy groups -OCH3 is 1. The summed E-state index contributed by atoms with van der Waals surface area (Å²) in [6, 6.07) is 4.85. The molecule has 0 aliphatic rings. The molecule has 7 heteroatoms. The Labute approximate surface area is 123 Å². The zero-order valence-electron chi connectivity index (χ0n) is 12.2. The van der Waals surface area contributed by atoms with E-state index < -0.39 is 10.9 Å². The van der Waals surface area contributed by atoms with Gasteiger partial charge < -0.3 is 15.2 Å². The molecule has 1 atom stereocenters. The molecule has 0 saturated carbocycles. The van der Waals surface area contributed by atoms with Crippen LogP contribution in [0.25, 0.3) is 0 Å². The number of anilines is 1. The van der Waals surface area contributed by atoms with Gasteiger partial charge in [0.05, 0.1) is 12.0 Å². The summed E-state index contributed by atoms with van der Waals surface area (Å²) in [5.41, 5.74) is 0.322. The second-order valence-electron chi connectivity index (χ2n) is 4.87. The first kappa shape index (κ1) is 16.7. The highest BCUT2D eigenvalue weighted by molar-refractivity contribution is 5.68. The Morgan fingerprint density at radius 2 is 2.19 bits per heavy atom. The molecule has 116 valence electrons. The van der Waals surface area contributed by atoms with Gasteiger partial charge in [-0.05, 0) is 30.9 Å². The molecule has 0 heterocycles. The first-order chi connectivity index (χ1) is 9.95. The molecule has 0 bridgehead atoms.